The summed E-state index contributed by atoms with van der Waals surface area (Å²) in [6.07, 6.45) is 4.96. The van der Waals surface area contributed by atoms with Crippen molar-refractivity contribution in [2.24, 2.45) is 0 Å². The number of rotatable bonds is 8. The lowest BCUT2D eigenvalue weighted by Crippen LogP contribution is -2.29. The van der Waals surface area contributed by atoms with Gasteiger partial charge in [-0.25, -0.2) is 0 Å². The molecular formula is C11H22N2O2. The van der Waals surface area contributed by atoms with Gasteiger partial charge in [-0.15, -0.1) is 0 Å². The van der Waals surface area contributed by atoms with Crippen molar-refractivity contribution >= 4 is 12.2 Å². The van der Waals surface area contributed by atoms with Crippen LogP contribution in [0.5, 0.6) is 0 Å². The SMILES string of the molecule is CC(=O)NCCCCCC(C=O)N(C)C. The zero-order valence-corrected chi connectivity index (χ0v) is 9.95. The van der Waals surface area contributed by atoms with Crippen molar-refractivity contribution in [2.75, 3.05) is 20.6 Å². The first-order valence-corrected chi connectivity index (χ1v) is 5.44. The molecule has 0 aliphatic carbocycles. The highest BCUT2D eigenvalue weighted by Crippen LogP contribution is 2.05. The topological polar surface area (TPSA) is 49.4 Å². The maximum Gasteiger partial charge on any atom is 0.216 e. The van der Waals surface area contributed by atoms with E-state index in [0.717, 1.165) is 38.5 Å². The fraction of sp³-hybridized carbons (Fsp3) is 0.818. The molecule has 0 radical (unpaired) electrons. The van der Waals surface area contributed by atoms with Crippen molar-refractivity contribution in [3.05, 3.63) is 0 Å². The fourth-order valence-corrected chi connectivity index (χ4v) is 1.37. The fourth-order valence-electron chi connectivity index (χ4n) is 1.37. The van der Waals surface area contributed by atoms with Crippen LogP contribution >= 0.6 is 0 Å². The molecule has 0 aliphatic rings. The maximum atomic E-state index is 10.7. The van der Waals surface area contributed by atoms with Gasteiger partial charge in [-0.2, -0.15) is 0 Å². The van der Waals surface area contributed by atoms with E-state index in [4.69, 9.17) is 0 Å². The summed E-state index contributed by atoms with van der Waals surface area (Å²) in [5, 5.41) is 2.75. The molecule has 0 bridgehead atoms. The van der Waals surface area contributed by atoms with Gasteiger partial charge in [0.25, 0.3) is 0 Å². The summed E-state index contributed by atoms with van der Waals surface area (Å²) >= 11 is 0. The van der Waals surface area contributed by atoms with E-state index in [-0.39, 0.29) is 11.9 Å². The molecule has 0 rings (SSSR count). The lowest BCUT2D eigenvalue weighted by atomic mass is 10.1. The third-order valence-corrected chi connectivity index (χ3v) is 2.37. The highest BCUT2D eigenvalue weighted by molar-refractivity contribution is 5.72. The molecule has 0 saturated heterocycles. The zero-order valence-electron chi connectivity index (χ0n) is 9.95. The molecule has 1 atom stereocenters. The van der Waals surface area contributed by atoms with Crippen LogP contribution in [0.3, 0.4) is 0 Å². The first-order valence-electron chi connectivity index (χ1n) is 5.44. The Morgan fingerprint density at radius 2 is 2.00 bits per heavy atom. The number of unbranched alkanes of at least 4 members (excludes halogenated alkanes) is 2. The Labute approximate surface area is 92.0 Å². The molecule has 0 saturated carbocycles. The normalized spacial score (nSPS) is 12.5. The summed E-state index contributed by atoms with van der Waals surface area (Å²) in [4.78, 5) is 23.1. The van der Waals surface area contributed by atoms with Crippen molar-refractivity contribution in [3.63, 3.8) is 0 Å². The highest BCUT2D eigenvalue weighted by atomic mass is 16.1. The monoisotopic (exact) mass is 214 g/mol. The first kappa shape index (κ1) is 14.1. The summed E-state index contributed by atoms with van der Waals surface area (Å²) in [7, 11) is 3.83. The Balaban J connectivity index is 3.37. The molecule has 88 valence electrons. The minimum Gasteiger partial charge on any atom is -0.356 e. The number of nitrogens with zero attached hydrogens (tertiary/aromatic N) is 1. The van der Waals surface area contributed by atoms with Crippen molar-refractivity contribution < 1.29 is 9.59 Å². The van der Waals surface area contributed by atoms with Crippen LogP contribution in [0.1, 0.15) is 32.6 Å². The molecular weight excluding hydrogens is 192 g/mol. The minimum atomic E-state index is 0.0223. The number of likely N-dealkylation sites (N-methyl/N-ethyl adjacent to an activating group) is 1. The molecule has 15 heavy (non-hydrogen) atoms. The van der Waals surface area contributed by atoms with Gasteiger partial charge in [0, 0.05) is 13.5 Å². The van der Waals surface area contributed by atoms with Crippen molar-refractivity contribution in [2.45, 2.75) is 38.6 Å². The molecule has 4 heteroatoms. The Morgan fingerprint density at radius 3 is 2.47 bits per heavy atom. The molecule has 1 amide bonds. The Bertz CT molecular complexity index is 193. The van der Waals surface area contributed by atoms with E-state index < -0.39 is 0 Å². The lowest BCUT2D eigenvalue weighted by Gasteiger charge is -2.17. The van der Waals surface area contributed by atoms with Gasteiger partial charge in [0.05, 0.1) is 6.04 Å². The van der Waals surface area contributed by atoms with Crippen LogP contribution in [0.2, 0.25) is 0 Å². The summed E-state index contributed by atoms with van der Waals surface area (Å²) in [6.45, 7) is 2.26. The van der Waals surface area contributed by atoms with Crippen molar-refractivity contribution in [1.82, 2.24) is 10.2 Å². The number of aldehydes is 1. The number of carbonyl (C=O) groups excluding carboxylic acids is 2. The smallest absolute Gasteiger partial charge is 0.216 e. The van der Waals surface area contributed by atoms with Crippen molar-refractivity contribution in [1.29, 1.82) is 0 Å². The maximum absolute atomic E-state index is 10.7. The van der Waals surface area contributed by atoms with Crippen molar-refractivity contribution in [3.8, 4) is 0 Å². The van der Waals surface area contributed by atoms with E-state index in [9.17, 15) is 9.59 Å². The number of carbonyl (C=O) groups is 2. The average molecular weight is 214 g/mol. The van der Waals surface area contributed by atoms with Gasteiger partial charge < -0.3 is 15.0 Å². The van der Waals surface area contributed by atoms with Crippen LogP contribution in [-0.2, 0) is 9.59 Å². The number of hydrogen-bond donors (Lipinski definition) is 1. The van der Waals surface area contributed by atoms with E-state index in [1.807, 2.05) is 19.0 Å². The van der Waals surface area contributed by atoms with E-state index >= 15 is 0 Å². The number of hydrogen-bond acceptors (Lipinski definition) is 3. The first-order chi connectivity index (χ1) is 7.07. The van der Waals surface area contributed by atoms with Crippen LogP contribution in [0.15, 0.2) is 0 Å². The third-order valence-electron chi connectivity index (χ3n) is 2.37. The highest BCUT2D eigenvalue weighted by Gasteiger charge is 2.08. The van der Waals surface area contributed by atoms with Crippen LogP contribution in [-0.4, -0.2) is 43.8 Å². The number of nitrogens with one attached hydrogen (secondary N) is 1. The zero-order chi connectivity index (χ0) is 11.7. The van der Waals surface area contributed by atoms with Crippen LogP contribution < -0.4 is 5.32 Å². The molecule has 1 unspecified atom stereocenters. The third kappa shape index (κ3) is 8.12. The molecule has 0 aliphatic heterocycles. The molecule has 1 N–H and O–H groups in total. The van der Waals surface area contributed by atoms with Crippen LogP contribution in [0.4, 0.5) is 0 Å². The van der Waals surface area contributed by atoms with Gasteiger partial charge in [-0.3, -0.25) is 4.79 Å². The number of amides is 1. The lowest BCUT2D eigenvalue weighted by molar-refractivity contribution is -0.119. The van der Waals surface area contributed by atoms with Gasteiger partial charge in [0.2, 0.25) is 5.91 Å². The summed E-state index contributed by atoms with van der Waals surface area (Å²) in [6, 6.07) is 0.0331. The van der Waals surface area contributed by atoms with Gasteiger partial charge in [-0.05, 0) is 26.9 Å². The molecule has 0 fully saturated rings. The summed E-state index contributed by atoms with van der Waals surface area (Å²) < 4.78 is 0. The van der Waals surface area contributed by atoms with Crippen LogP contribution in [0.25, 0.3) is 0 Å². The van der Waals surface area contributed by atoms with Crippen LogP contribution in [0, 0.1) is 0 Å². The largest absolute Gasteiger partial charge is 0.356 e. The quantitative estimate of drug-likeness (QED) is 0.480. The predicted octanol–water partition coefficient (Wildman–Crippen LogP) is 0.812. The summed E-state index contributed by atoms with van der Waals surface area (Å²) in [5.41, 5.74) is 0. The van der Waals surface area contributed by atoms with Gasteiger partial charge in [0.1, 0.15) is 6.29 Å². The van der Waals surface area contributed by atoms with Gasteiger partial charge in [0.15, 0.2) is 0 Å². The molecule has 0 aromatic carbocycles. The van der Waals surface area contributed by atoms with Gasteiger partial charge >= 0.3 is 0 Å². The van der Waals surface area contributed by atoms with E-state index in [1.165, 1.54) is 6.92 Å². The Kier molecular flexibility index (Phi) is 7.91. The van der Waals surface area contributed by atoms with Gasteiger partial charge in [-0.1, -0.05) is 12.8 Å². The van der Waals surface area contributed by atoms with E-state index in [0.29, 0.717) is 0 Å². The second-order valence-corrected chi connectivity index (χ2v) is 4.00. The molecule has 0 aromatic rings. The second-order valence-electron chi connectivity index (χ2n) is 4.00. The van der Waals surface area contributed by atoms with E-state index in [1.54, 1.807) is 0 Å². The van der Waals surface area contributed by atoms with E-state index in [2.05, 4.69) is 5.32 Å². The predicted molar refractivity (Wildman–Crippen MR) is 60.7 cm³/mol. The standard InChI is InChI=1S/C11H22N2O2/c1-10(15)12-8-6-4-5-7-11(9-14)13(2)3/h9,11H,4-8H2,1-3H3,(H,12,15). The molecule has 0 heterocycles. The second kappa shape index (κ2) is 8.41. The summed E-state index contributed by atoms with van der Waals surface area (Å²) in [5.74, 6) is 0.0223. The Morgan fingerprint density at radius 1 is 1.33 bits per heavy atom. The minimum absolute atomic E-state index is 0.0223. The molecule has 0 aromatic heterocycles. The molecule has 0 spiro atoms. The molecule has 4 nitrogen and oxygen atoms in total. The average Bonchev–Trinajstić information content (AvgIpc) is 2.15. The Hall–Kier alpha value is -0.900.